The van der Waals surface area contributed by atoms with Gasteiger partial charge in [0.1, 0.15) is 0 Å². The van der Waals surface area contributed by atoms with E-state index in [0.29, 0.717) is 6.61 Å². The maximum atomic E-state index is 5.21. The average Bonchev–Trinajstić information content (AvgIpc) is 2.93. The number of nitrogens with zero attached hydrogens (tertiary/aromatic N) is 2. The molecule has 2 rings (SSSR count). The molecule has 0 aliphatic rings. The fourth-order valence-corrected chi connectivity index (χ4v) is 2.88. The summed E-state index contributed by atoms with van der Waals surface area (Å²) in [4.78, 5) is 7.20. The van der Waals surface area contributed by atoms with Crippen molar-refractivity contribution >= 4 is 17.3 Å². The molecule has 0 saturated heterocycles. The van der Waals surface area contributed by atoms with Gasteiger partial charge in [0.05, 0.1) is 24.9 Å². The lowest BCUT2D eigenvalue weighted by Gasteiger charge is -2.15. The van der Waals surface area contributed by atoms with Crippen molar-refractivity contribution in [1.29, 1.82) is 0 Å². The molecule has 1 N–H and O–H groups in total. The highest BCUT2D eigenvalue weighted by molar-refractivity contribution is 7.11. The van der Waals surface area contributed by atoms with Crippen LogP contribution in [-0.4, -0.2) is 23.3 Å². The van der Waals surface area contributed by atoms with Crippen LogP contribution < -0.4 is 5.32 Å². The zero-order chi connectivity index (χ0) is 13.8. The zero-order valence-electron chi connectivity index (χ0n) is 11.9. The Hall–Kier alpha value is -1.33. The van der Waals surface area contributed by atoms with E-state index in [9.17, 15) is 0 Å². The number of hydrogen-bond acceptors (Lipinski definition) is 4. The van der Waals surface area contributed by atoms with E-state index in [1.165, 1.54) is 9.75 Å². The van der Waals surface area contributed by atoms with E-state index in [2.05, 4.69) is 47.0 Å². The van der Waals surface area contributed by atoms with Crippen molar-refractivity contribution in [3.63, 3.8) is 0 Å². The number of aryl methyl sites for hydroxylation is 2. The van der Waals surface area contributed by atoms with Crippen molar-refractivity contribution in [1.82, 2.24) is 9.55 Å². The number of rotatable bonds is 6. The molecule has 0 spiro atoms. The van der Waals surface area contributed by atoms with Crippen LogP contribution in [0.1, 0.15) is 28.4 Å². The van der Waals surface area contributed by atoms with Gasteiger partial charge in [-0.2, -0.15) is 0 Å². The average molecular weight is 279 g/mol. The number of hydrogen-bond donors (Lipinski definition) is 1. The van der Waals surface area contributed by atoms with E-state index >= 15 is 0 Å². The summed E-state index contributed by atoms with van der Waals surface area (Å²) in [6.07, 6.45) is 2.06. The largest absolute Gasteiger partial charge is 0.383 e. The summed E-state index contributed by atoms with van der Waals surface area (Å²) in [6.45, 7) is 7.76. The highest BCUT2D eigenvalue weighted by atomic mass is 32.1. The third-order valence-corrected chi connectivity index (χ3v) is 3.95. The van der Waals surface area contributed by atoms with Crippen LogP contribution in [0.3, 0.4) is 0 Å². The van der Waals surface area contributed by atoms with E-state index in [0.717, 1.165) is 18.2 Å². The molecule has 2 heterocycles. The molecule has 1 atom stereocenters. The number of thiophene rings is 1. The Kier molecular flexibility index (Phi) is 4.61. The summed E-state index contributed by atoms with van der Waals surface area (Å²) in [7, 11) is 1.72. The van der Waals surface area contributed by atoms with E-state index in [-0.39, 0.29) is 6.04 Å². The first kappa shape index (κ1) is 14.1. The van der Waals surface area contributed by atoms with Gasteiger partial charge in [0.2, 0.25) is 5.95 Å². The molecule has 0 aromatic carbocycles. The molecule has 4 nitrogen and oxygen atoms in total. The zero-order valence-corrected chi connectivity index (χ0v) is 12.8. The molecule has 5 heteroatoms. The van der Waals surface area contributed by atoms with Gasteiger partial charge in [0.25, 0.3) is 0 Å². The lowest BCUT2D eigenvalue weighted by Crippen LogP contribution is -2.14. The van der Waals surface area contributed by atoms with Gasteiger partial charge in [-0.25, -0.2) is 4.98 Å². The first-order chi connectivity index (χ1) is 9.10. The van der Waals surface area contributed by atoms with Gasteiger partial charge in [-0.15, -0.1) is 11.3 Å². The van der Waals surface area contributed by atoms with Gasteiger partial charge in [-0.1, -0.05) is 0 Å². The van der Waals surface area contributed by atoms with Crippen molar-refractivity contribution in [3.05, 3.63) is 33.8 Å². The maximum Gasteiger partial charge on any atom is 0.203 e. The van der Waals surface area contributed by atoms with E-state index < -0.39 is 0 Å². The number of ether oxygens (including phenoxy) is 1. The third kappa shape index (κ3) is 3.58. The minimum atomic E-state index is 0.277. The van der Waals surface area contributed by atoms with Crippen LogP contribution in [0.15, 0.2) is 18.3 Å². The van der Waals surface area contributed by atoms with Crippen molar-refractivity contribution in [2.75, 3.05) is 19.0 Å². The van der Waals surface area contributed by atoms with Crippen LogP contribution in [0, 0.1) is 13.8 Å². The summed E-state index contributed by atoms with van der Waals surface area (Å²) in [5, 5.41) is 3.41. The van der Waals surface area contributed by atoms with Gasteiger partial charge in [-0.3, -0.25) is 0 Å². The topological polar surface area (TPSA) is 39.1 Å². The second-order valence-corrected chi connectivity index (χ2v) is 6.16. The van der Waals surface area contributed by atoms with Crippen LogP contribution in [0.4, 0.5) is 5.95 Å². The Morgan fingerprint density at radius 3 is 2.84 bits per heavy atom. The van der Waals surface area contributed by atoms with E-state index in [4.69, 9.17) is 4.74 Å². The molecule has 2 aromatic heterocycles. The predicted molar refractivity (Wildman–Crippen MR) is 79.9 cm³/mol. The highest BCUT2D eigenvalue weighted by Crippen LogP contribution is 2.19. The van der Waals surface area contributed by atoms with Gasteiger partial charge in [0, 0.05) is 23.1 Å². The van der Waals surface area contributed by atoms with Crippen LogP contribution in [0.5, 0.6) is 0 Å². The molecule has 0 bridgehead atoms. The Balaban J connectivity index is 2.07. The molecule has 1 unspecified atom stereocenters. The molecular formula is C14H21N3OS. The Labute approximate surface area is 118 Å². The van der Waals surface area contributed by atoms with Crippen LogP contribution in [0.25, 0.3) is 0 Å². The summed E-state index contributed by atoms with van der Waals surface area (Å²) in [5.41, 5.74) is 1.02. The second kappa shape index (κ2) is 6.21. The molecule has 2 aromatic rings. The number of nitrogens with one attached hydrogen (secondary N) is 1. The van der Waals surface area contributed by atoms with Crippen molar-refractivity contribution in [2.24, 2.45) is 0 Å². The number of anilines is 1. The molecule has 0 aliphatic carbocycles. The summed E-state index contributed by atoms with van der Waals surface area (Å²) < 4.78 is 7.35. The van der Waals surface area contributed by atoms with Crippen molar-refractivity contribution in [2.45, 2.75) is 33.4 Å². The molecule has 0 saturated carbocycles. The lowest BCUT2D eigenvalue weighted by molar-refractivity contribution is 0.163. The lowest BCUT2D eigenvalue weighted by atomic mass is 10.3. The predicted octanol–water partition coefficient (Wildman–Crippen LogP) is 3.38. The number of methoxy groups -OCH3 is 1. The Morgan fingerprint density at radius 2 is 2.21 bits per heavy atom. The molecule has 19 heavy (non-hydrogen) atoms. The summed E-state index contributed by atoms with van der Waals surface area (Å²) in [5.74, 6) is 0.910. The molecule has 104 valence electrons. The Bertz CT molecular complexity index is 533. The molecule has 0 aliphatic heterocycles. The van der Waals surface area contributed by atoms with Gasteiger partial charge >= 0.3 is 0 Å². The minimum Gasteiger partial charge on any atom is -0.383 e. The summed E-state index contributed by atoms with van der Waals surface area (Å²) >= 11 is 1.81. The smallest absolute Gasteiger partial charge is 0.203 e. The Morgan fingerprint density at radius 1 is 1.42 bits per heavy atom. The minimum absolute atomic E-state index is 0.277. The number of aromatic nitrogens is 2. The molecule has 0 amide bonds. The monoisotopic (exact) mass is 279 g/mol. The standard InChI is InChI=1S/C14H21N3OS/c1-10-8-17(11(2)9-18-4)14(16-10)15-7-13-6-5-12(3)19-13/h5-6,8,11H,7,9H2,1-4H3,(H,15,16). The quantitative estimate of drug-likeness (QED) is 0.881. The van der Waals surface area contributed by atoms with Crippen LogP contribution in [-0.2, 0) is 11.3 Å². The normalized spacial score (nSPS) is 12.6. The third-order valence-electron chi connectivity index (χ3n) is 2.95. The van der Waals surface area contributed by atoms with E-state index in [1.807, 2.05) is 18.3 Å². The molecule has 0 fully saturated rings. The maximum absolute atomic E-state index is 5.21. The SMILES string of the molecule is COCC(C)n1cc(C)nc1NCc1ccc(C)s1. The van der Waals surface area contributed by atoms with Crippen molar-refractivity contribution in [3.8, 4) is 0 Å². The highest BCUT2D eigenvalue weighted by Gasteiger charge is 2.11. The fourth-order valence-electron chi connectivity index (χ4n) is 2.05. The second-order valence-electron chi connectivity index (χ2n) is 4.78. The molecular weight excluding hydrogens is 258 g/mol. The van der Waals surface area contributed by atoms with Gasteiger partial charge in [0.15, 0.2) is 0 Å². The summed E-state index contributed by atoms with van der Waals surface area (Å²) in [6, 6.07) is 4.58. The first-order valence-electron chi connectivity index (χ1n) is 6.43. The first-order valence-corrected chi connectivity index (χ1v) is 7.25. The van der Waals surface area contributed by atoms with Gasteiger partial charge in [-0.05, 0) is 32.9 Å². The molecule has 0 radical (unpaired) electrons. The van der Waals surface area contributed by atoms with Gasteiger partial charge < -0.3 is 14.6 Å². The van der Waals surface area contributed by atoms with E-state index in [1.54, 1.807) is 7.11 Å². The fraction of sp³-hybridized carbons (Fsp3) is 0.500. The van der Waals surface area contributed by atoms with Crippen molar-refractivity contribution < 1.29 is 4.74 Å². The van der Waals surface area contributed by atoms with Crippen LogP contribution in [0.2, 0.25) is 0 Å². The van der Waals surface area contributed by atoms with Crippen LogP contribution >= 0.6 is 11.3 Å². The number of imidazole rings is 1.